The van der Waals surface area contributed by atoms with Gasteiger partial charge in [0.25, 0.3) is 0 Å². The lowest BCUT2D eigenvalue weighted by Gasteiger charge is -1.98. The smallest absolute Gasteiger partial charge is 0.325 e. The summed E-state index contributed by atoms with van der Waals surface area (Å²) in [7, 11) is 1.39. The molecule has 1 aromatic heterocycles. The van der Waals surface area contributed by atoms with Crippen molar-refractivity contribution in [2.75, 3.05) is 7.11 Å². The minimum Gasteiger partial charge on any atom is -0.468 e. The van der Waals surface area contributed by atoms with Crippen molar-refractivity contribution in [1.82, 2.24) is 4.57 Å². The third kappa shape index (κ3) is 2.11. The summed E-state index contributed by atoms with van der Waals surface area (Å²) in [6.45, 7) is 2.28. The van der Waals surface area contributed by atoms with Crippen molar-refractivity contribution in [1.29, 1.82) is 0 Å². The molecular formula is C8H11NO2. The van der Waals surface area contributed by atoms with E-state index in [2.05, 4.69) is 4.74 Å². The summed E-state index contributed by atoms with van der Waals surface area (Å²) in [6, 6.07) is 1.95. The predicted octanol–water partition coefficient (Wildman–Crippen LogP) is 0.970. The van der Waals surface area contributed by atoms with Gasteiger partial charge in [-0.05, 0) is 18.6 Å². The molecule has 0 amide bonds. The highest BCUT2D eigenvalue weighted by molar-refractivity contribution is 5.68. The molecule has 1 aromatic rings. The van der Waals surface area contributed by atoms with Crippen LogP contribution < -0.4 is 0 Å². The zero-order valence-electron chi connectivity index (χ0n) is 6.70. The van der Waals surface area contributed by atoms with E-state index in [1.54, 1.807) is 4.57 Å². The number of rotatable bonds is 2. The van der Waals surface area contributed by atoms with E-state index in [-0.39, 0.29) is 5.97 Å². The summed E-state index contributed by atoms with van der Waals surface area (Å²) in [5, 5.41) is 0. The van der Waals surface area contributed by atoms with Crippen LogP contribution in [0.4, 0.5) is 0 Å². The quantitative estimate of drug-likeness (QED) is 0.593. The number of hydrogen-bond acceptors (Lipinski definition) is 2. The SMILES string of the molecule is COC(=O)Cn1ccc(C)c1. The van der Waals surface area contributed by atoms with Gasteiger partial charge < -0.3 is 9.30 Å². The number of aromatic nitrogens is 1. The summed E-state index contributed by atoms with van der Waals surface area (Å²) < 4.78 is 6.30. The second-order valence-corrected chi connectivity index (χ2v) is 2.44. The van der Waals surface area contributed by atoms with Crippen molar-refractivity contribution in [2.24, 2.45) is 0 Å². The lowest BCUT2D eigenvalue weighted by molar-refractivity contribution is -0.141. The van der Waals surface area contributed by atoms with Gasteiger partial charge >= 0.3 is 5.97 Å². The Kier molecular flexibility index (Phi) is 2.31. The fourth-order valence-electron chi connectivity index (χ4n) is 0.873. The van der Waals surface area contributed by atoms with Crippen molar-refractivity contribution in [3.8, 4) is 0 Å². The Bertz CT molecular complexity index is 252. The number of ether oxygens (including phenoxy) is 1. The Morgan fingerprint density at radius 1 is 1.73 bits per heavy atom. The molecule has 0 saturated heterocycles. The molecule has 0 spiro atoms. The third-order valence-corrected chi connectivity index (χ3v) is 1.44. The van der Waals surface area contributed by atoms with Crippen molar-refractivity contribution in [3.05, 3.63) is 24.0 Å². The number of carbonyl (C=O) groups is 1. The van der Waals surface area contributed by atoms with Gasteiger partial charge in [-0.25, -0.2) is 0 Å². The number of carbonyl (C=O) groups excluding carboxylic acids is 1. The second-order valence-electron chi connectivity index (χ2n) is 2.44. The molecule has 0 aliphatic rings. The first kappa shape index (κ1) is 7.85. The summed E-state index contributed by atoms with van der Waals surface area (Å²) in [5.41, 5.74) is 1.15. The van der Waals surface area contributed by atoms with Crippen LogP contribution in [-0.2, 0) is 16.1 Å². The molecule has 0 aliphatic carbocycles. The molecule has 11 heavy (non-hydrogen) atoms. The highest BCUT2D eigenvalue weighted by Crippen LogP contribution is 1.98. The van der Waals surface area contributed by atoms with Crippen LogP contribution in [0.5, 0.6) is 0 Å². The molecule has 1 heterocycles. The van der Waals surface area contributed by atoms with E-state index in [1.165, 1.54) is 7.11 Å². The zero-order valence-corrected chi connectivity index (χ0v) is 6.70. The first-order valence-electron chi connectivity index (χ1n) is 3.41. The normalized spacial score (nSPS) is 9.64. The average molecular weight is 153 g/mol. The van der Waals surface area contributed by atoms with E-state index in [4.69, 9.17) is 0 Å². The first-order valence-corrected chi connectivity index (χ1v) is 3.41. The maximum Gasteiger partial charge on any atom is 0.325 e. The Labute approximate surface area is 65.6 Å². The molecule has 0 saturated carbocycles. The molecule has 3 nitrogen and oxygen atoms in total. The van der Waals surface area contributed by atoms with Crippen LogP contribution in [0.1, 0.15) is 5.56 Å². The highest BCUT2D eigenvalue weighted by atomic mass is 16.5. The van der Waals surface area contributed by atoms with Gasteiger partial charge in [0.05, 0.1) is 7.11 Å². The summed E-state index contributed by atoms with van der Waals surface area (Å²) in [4.78, 5) is 10.7. The van der Waals surface area contributed by atoms with E-state index >= 15 is 0 Å². The van der Waals surface area contributed by atoms with E-state index < -0.39 is 0 Å². The topological polar surface area (TPSA) is 31.2 Å². The lowest BCUT2D eigenvalue weighted by Crippen LogP contribution is -2.09. The molecule has 1 rings (SSSR count). The van der Waals surface area contributed by atoms with Crippen LogP contribution in [0, 0.1) is 6.92 Å². The summed E-state index contributed by atoms with van der Waals surface area (Å²) in [6.07, 6.45) is 3.75. The van der Waals surface area contributed by atoms with Crippen LogP contribution in [0.2, 0.25) is 0 Å². The molecule has 0 bridgehead atoms. The van der Waals surface area contributed by atoms with Gasteiger partial charge in [-0.15, -0.1) is 0 Å². The minimum absolute atomic E-state index is 0.222. The fourth-order valence-corrected chi connectivity index (χ4v) is 0.873. The summed E-state index contributed by atoms with van der Waals surface area (Å²) in [5.74, 6) is -0.222. The zero-order chi connectivity index (χ0) is 8.27. The van der Waals surface area contributed by atoms with Gasteiger partial charge in [0, 0.05) is 12.4 Å². The van der Waals surface area contributed by atoms with Gasteiger partial charge in [0.15, 0.2) is 0 Å². The number of nitrogens with zero attached hydrogens (tertiary/aromatic N) is 1. The number of aryl methyl sites for hydroxylation is 1. The van der Waals surface area contributed by atoms with Gasteiger partial charge in [-0.3, -0.25) is 4.79 Å². The van der Waals surface area contributed by atoms with Crippen molar-refractivity contribution in [2.45, 2.75) is 13.5 Å². The number of methoxy groups -OCH3 is 1. The first-order chi connectivity index (χ1) is 5.22. The molecule has 0 radical (unpaired) electrons. The number of hydrogen-bond donors (Lipinski definition) is 0. The Morgan fingerprint density at radius 3 is 2.91 bits per heavy atom. The van der Waals surface area contributed by atoms with Gasteiger partial charge in [-0.2, -0.15) is 0 Å². The van der Waals surface area contributed by atoms with Crippen molar-refractivity contribution >= 4 is 5.97 Å². The van der Waals surface area contributed by atoms with Crippen LogP contribution in [0.3, 0.4) is 0 Å². The minimum atomic E-state index is -0.222. The fraction of sp³-hybridized carbons (Fsp3) is 0.375. The van der Waals surface area contributed by atoms with Crippen LogP contribution in [0.15, 0.2) is 18.5 Å². The Balaban J connectivity index is 2.57. The van der Waals surface area contributed by atoms with Gasteiger partial charge in [-0.1, -0.05) is 0 Å². The van der Waals surface area contributed by atoms with Crippen LogP contribution >= 0.6 is 0 Å². The van der Waals surface area contributed by atoms with E-state index in [9.17, 15) is 4.79 Å². The molecular weight excluding hydrogens is 142 g/mol. The predicted molar refractivity (Wildman–Crippen MR) is 41.2 cm³/mol. The molecule has 0 atom stereocenters. The van der Waals surface area contributed by atoms with E-state index in [0.717, 1.165) is 5.56 Å². The van der Waals surface area contributed by atoms with Crippen molar-refractivity contribution < 1.29 is 9.53 Å². The molecule has 0 N–H and O–H groups in total. The second kappa shape index (κ2) is 3.23. The van der Waals surface area contributed by atoms with Gasteiger partial charge in [0.2, 0.25) is 0 Å². The maximum absolute atomic E-state index is 10.7. The maximum atomic E-state index is 10.7. The Morgan fingerprint density at radius 2 is 2.45 bits per heavy atom. The Hall–Kier alpha value is -1.25. The van der Waals surface area contributed by atoms with E-state index in [0.29, 0.717) is 6.54 Å². The largest absolute Gasteiger partial charge is 0.468 e. The standard InChI is InChI=1S/C8H11NO2/c1-7-3-4-9(5-7)6-8(10)11-2/h3-5H,6H2,1-2H3. The molecule has 3 heteroatoms. The van der Waals surface area contributed by atoms with Crippen molar-refractivity contribution in [3.63, 3.8) is 0 Å². The lowest BCUT2D eigenvalue weighted by atomic mass is 10.4. The number of esters is 1. The molecule has 60 valence electrons. The molecule has 0 unspecified atom stereocenters. The average Bonchev–Trinajstić information content (AvgIpc) is 2.35. The van der Waals surface area contributed by atoms with Crippen LogP contribution in [0.25, 0.3) is 0 Å². The molecule has 0 aliphatic heterocycles. The molecule has 0 aromatic carbocycles. The third-order valence-electron chi connectivity index (χ3n) is 1.44. The monoisotopic (exact) mass is 153 g/mol. The van der Waals surface area contributed by atoms with Crippen LogP contribution in [-0.4, -0.2) is 17.6 Å². The van der Waals surface area contributed by atoms with E-state index in [1.807, 2.05) is 25.4 Å². The summed E-state index contributed by atoms with van der Waals surface area (Å²) >= 11 is 0. The van der Waals surface area contributed by atoms with Gasteiger partial charge in [0.1, 0.15) is 6.54 Å². The highest BCUT2D eigenvalue weighted by Gasteiger charge is 1.99. The molecule has 0 fully saturated rings.